The molecular weight excluding hydrogens is 356 g/mol. The number of aromatic nitrogens is 2. The predicted octanol–water partition coefficient (Wildman–Crippen LogP) is 3.97. The number of imidazole rings is 1. The van der Waals surface area contributed by atoms with Crippen LogP contribution >= 0.6 is 0 Å². The van der Waals surface area contributed by atoms with Gasteiger partial charge in [0.05, 0.1) is 18.8 Å². The minimum absolute atomic E-state index is 0.228. The van der Waals surface area contributed by atoms with E-state index in [1.54, 1.807) is 47.3 Å². The van der Waals surface area contributed by atoms with E-state index in [0.717, 1.165) is 5.69 Å². The topological polar surface area (TPSA) is 89.2 Å². The fraction of sp³-hybridized carbons (Fsp3) is 0. The van der Waals surface area contributed by atoms with Gasteiger partial charge in [-0.2, -0.15) is 0 Å². The minimum Gasteiger partial charge on any atom is -0.459 e. The third kappa shape index (κ3) is 3.68. The summed E-state index contributed by atoms with van der Waals surface area (Å²) in [5.74, 6) is -0.395. The van der Waals surface area contributed by atoms with E-state index in [9.17, 15) is 9.59 Å². The molecule has 2 heterocycles. The molecule has 2 aromatic carbocycles. The average Bonchev–Trinajstić information content (AvgIpc) is 3.42. The molecule has 0 aliphatic heterocycles. The van der Waals surface area contributed by atoms with Gasteiger partial charge in [-0.1, -0.05) is 18.2 Å². The van der Waals surface area contributed by atoms with Gasteiger partial charge in [0, 0.05) is 17.1 Å². The Balaban J connectivity index is 1.45. The van der Waals surface area contributed by atoms with E-state index in [1.807, 2.05) is 30.3 Å². The molecule has 0 aliphatic carbocycles. The highest BCUT2D eigenvalue weighted by Gasteiger charge is 2.13. The third-order valence-electron chi connectivity index (χ3n) is 4.05. The average molecular weight is 372 g/mol. The second-order valence-electron chi connectivity index (χ2n) is 5.95. The molecule has 0 atom stereocenters. The summed E-state index contributed by atoms with van der Waals surface area (Å²) < 4.78 is 6.77. The van der Waals surface area contributed by atoms with Crippen molar-refractivity contribution in [1.82, 2.24) is 9.55 Å². The lowest BCUT2D eigenvalue weighted by Crippen LogP contribution is -2.16. The summed E-state index contributed by atoms with van der Waals surface area (Å²) in [4.78, 5) is 28.7. The molecule has 0 radical (unpaired) electrons. The van der Waals surface area contributed by atoms with E-state index in [0.29, 0.717) is 17.1 Å². The van der Waals surface area contributed by atoms with Crippen LogP contribution in [0.4, 0.5) is 11.4 Å². The van der Waals surface area contributed by atoms with Gasteiger partial charge in [0.1, 0.15) is 5.69 Å². The van der Waals surface area contributed by atoms with Crippen LogP contribution in [-0.2, 0) is 0 Å². The lowest BCUT2D eigenvalue weighted by molar-refractivity contribution is 0.0994. The van der Waals surface area contributed by atoms with Crippen LogP contribution in [0.5, 0.6) is 0 Å². The highest BCUT2D eigenvalue weighted by molar-refractivity contribution is 6.04. The molecule has 7 nitrogen and oxygen atoms in total. The number of rotatable bonds is 5. The monoisotopic (exact) mass is 372 g/mol. The van der Waals surface area contributed by atoms with E-state index in [2.05, 4.69) is 15.6 Å². The van der Waals surface area contributed by atoms with Crippen molar-refractivity contribution in [2.45, 2.75) is 0 Å². The Labute approximate surface area is 160 Å². The maximum atomic E-state index is 12.6. The number of furan rings is 1. The third-order valence-corrected chi connectivity index (χ3v) is 4.05. The van der Waals surface area contributed by atoms with Crippen molar-refractivity contribution in [3.63, 3.8) is 0 Å². The van der Waals surface area contributed by atoms with E-state index < -0.39 is 0 Å². The van der Waals surface area contributed by atoms with Crippen LogP contribution in [0, 0.1) is 0 Å². The first-order chi connectivity index (χ1) is 13.7. The number of nitrogens with zero attached hydrogens (tertiary/aromatic N) is 2. The summed E-state index contributed by atoms with van der Waals surface area (Å²) in [5.41, 5.74) is 2.46. The van der Waals surface area contributed by atoms with Crippen LogP contribution in [0.1, 0.15) is 21.0 Å². The number of para-hydroxylation sites is 1. The Hall–Kier alpha value is -4.13. The smallest absolute Gasteiger partial charge is 0.291 e. The van der Waals surface area contributed by atoms with Crippen LogP contribution in [0.3, 0.4) is 0 Å². The zero-order valence-electron chi connectivity index (χ0n) is 14.7. The maximum absolute atomic E-state index is 12.6. The van der Waals surface area contributed by atoms with Crippen molar-refractivity contribution in [1.29, 1.82) is 0 Å². The summed E-state index contributed by atoms with van der Waals surface area (Å²) in [7, 11) is 0. The van der Waals surface area contributed by atoms with Gasteiger partial charge in [0.15, 0.2) is 5.76 Å². The first-order valence-corrected chi connectivity index (χ1v) is 8.55. The second kappa shape index (κ2) is 7.63. The van der Waals surface area contributed by atoms with E-state index in [4.69, 9.17) is 4.42 Å². The zero-order chi connectivity index (χ0) is 19.3. The number of benzene rings is 2. The van der Waals surface area contributed by atoms with E-state index in [1.165, 1.54) is 12.5 Å². The summed E-state index contributed by atoms with van der Waals surface area (Å²) in [6.07, 6.45) is 4.55. The molecule has 2 N–H and O–H groups in total. The maximum Gasteiger partial charge on any atom is 0.291 e. The highest BCUT2D eigenvalue weighted by atomic mass is 16.3. The van der Waals surface area contributed by atoms with Gasteiger partial charge < -0.3 is 15.1 Å². The Morgan fingerprint density at radius 2 is 1.50 bits per heavy atom. The van der Waals surface area contributed by atoms with Crippen molar-refractivity contribution >= 4 is 23.2 Å². The SMILES string of the molecule is O=C(Nc1ccc(NC(=O)c2cncn2-c2ccccc2)cc1)c1ccco1. The number of carbonyl (C=O) groups is 2. The van der Waals surface area contributed by atoms with Gasteiger partial charge in [-0.3, -0.25) is 14.2 Å². The van der Waals surface area contributed by atoms with Crippen molar-refractivity contribution < 1.29 is 14.0 Å². The van der Waals surface area contributed by atoms with Crippen molar-refractivity contribution in [3.8, 4) is 5.69 Å². The molecule has 7 heteroatoms. The molecular formula is C21H16N4O3. The van der Waals surface area contributed by atoms with Crippen LogP contribution < -0.4 is 10.6 Å². The number of nitrogens with one attached hydrogen (secondary N) is 2. The quantitative estimate of drug-likeness (QED) is 0.555. The lowest BCUT2D eigenvalue weighted by Gasteiger charge is -2.09. The Bertz CT molecular complexity index is 1080. The summed E-state index contributed by atoms with van der Waals surface area (Å²) in [6.45, 7) is 0. The summed E-state index contributed by atoms with van der Waals surface area (Å²) in [5, 5.41) is 5.56. The fourth-order valence-electron chi connectivity index (χ4n) is 2.69. The molecule has 0 bridgehead atoms. The first-order valence-electron chi connectivity index (χ1n) is 8.55. The van der Waals surface area contributed by atoms with Gasteiger partial charge >= 0.3 is 0 Å². The Kier molecular flexibility index (Phi) is 4.71. The molecule has 0 fully saturated rings. The van der Waals surface area contributed by atoms with Crippen molar-refractivity contribution in [3.05, 3.63) is 97.0 Å². The number of carbonyl (C=O) groups excluding carboxylic acids is 2. The van der Waals surface area contributed by atoms with Crippen LogP contribution in [0.15, 0.2) is 89.9 Å². The van der Waals surface area contributed by atoms with Crippen LogP contribution in [-0.4, -0.2) is 21.4 Å². The van der Waals surface area contributed by atoms with E-state index >= 15 is 0 Å². The highest BCUT2D eigenvalue weighted by Crippen LogP contribution is 2.17. The number of anilines is 2. The Morgan fingerprint density at radius 3 is 2.14 bits per heavy atom. The number of hydrogen-bond donors (Lipinski definition) is 2. The standard InChI is InChI=1S/C21H16N4O3/c26-20(18-13-22-14-25(18)17-5-2-1-3-6-17)23-15-8-10-16(11-9-15)24-21(27)19-7-4-12-28-19/h1-14H,(H,23,26)(H,24,27). The first kappa shape index (κ1) is 17.3. The molecule has 2 amide bonds. The molecule has 2 aromatic heterocycles. The molecule has 4 aromatic rings. The largest absolute Gasteiger partial charge is 0.459 e. The van der Waals surface area contributed by atoms with Crippen LogP contribution in [0.25, 0.3) is 5.69 Å². The van der Waals surface area contributed by atoms with Gasteiger partial charge in [0.2, 0.25) is 0 Å². The van der Waals surface area contributed by atoms with Crippen molar-refractivity contribution in [2.75, 3.05) is 10.6 Å². The van der Waals surface area contributed by atoms with Crippen LogP contribution in [0.2, 0.25) is 0 Å². The summed E-state index contributed by atoms with van der Waals surface area (Å²) in [6, 6.07) is 19.5. The van der Waals surface area contributed by atoms with E-state index in [-0.39, 0.29) is 17.6 Å². The normalized spacial score (nSPS) is 10.4. The molecule has 0 saturated carbocycles. The molecule has 0 unspecified atom stereocenters. The second-order valence-corrected chi connectivity index (χ2v) is 5.95. The number of amides is 2. The molecule has 28 heavy (non-hydrogen) atoms. The van der Waals surface area contributed by atoms with Crippen molar-refractivity contribution in [2.24, 2.45) is 0 Å². The molecule has 138 valence electrons. The molecule has 0 saturated heterocycles. The lowest BCUT2D eigenvalue weighted by atomic mass is 10.2. The number of hydrogen-bond acceptors (Lipinski definition) is 4. The van der Waals surface area contributed by atoms with Gasteiger partial charge in [-0.25, -0.2) is 4.98 Å². The Morgan fingerprint density at radius 1 is 0.821 bits per heavy atom. The van der Waals surface area contributed by atoms with Gasteiger partial charge in [0.25, 0.3) is 11.8 Å². The minimum atomic E-state index is -0.339. The fourth-order valence-corrected chi connectivity index (χ4v) is 2.69. The van der Waals surface area contributed by atoms with Gasteiger partial charge in [-0.15, -0.1) is 0 Å². The zero-order valence-corrected chi connectivity index (χ0v) is 14.7. The molecule has 0 spiro atoms. The predicted molar refractivity (Wildman–Crippen MR) is 105 cm³/mol. The molecule has 4 rings (SSSR count). The summed E-state index contributed by atoms with van der Waals surface area (Å²) >= 11 is 0. The molecule has 0 aliphatic rings. The van der Waals surface area contributed by atoms with Gasteiger partial charge in [-0.05, 0) is 48.5 Å².